The number of pyridine rings is 1. The summed E-state index contributed by atoms with van der Waals surface area (Å²) in [5.41, 5.74) is 0.472. The summed E-state index contributed by atoms with van der Waals surface area (Å²) >= 11 is 0. The summed E-state index contributed by atoms with van der Waals surface area (Å²) in [7, 11) is 0. The maximum absolute atomic E-state index is 11.5. The van der Waals surface area contributed by atoms with Crippen LogP contribution in [0.3, 0.4) is 0 Å². The molecule has 0 radical (unpaired) electrons. The van der Waals surface area contributed by atoms with Gasteiger partial charge in [0.05, 0.1) is 5.56 Å². The van der Waals surface area contributed by atoms with E-state index in [1.165, 1.54) is 6.42 Å². The SMILES string of the molecule is CC(C)(C)N1CCN(c2cc(C(=O)O)cc(NC3CCC3)n2)CC1. The summed E-state index contributed by atoms with van der Waals surface area (Å²) in [4.78, 5) is 20.8. The molecule has 1 aliphatic heterocycles. The molecule has 1 aromatic heterocycles. The molecule has 0 amide bonds. The number of piperazine rings is 1. The topological polar surface area (TPSA) is 68.7 Å². The Bertz CT molecular complexity index is 600. The first-order valence-electron chi connectivity index (χ1n) is 8.85. The minimum atomic E-state index is -0.899. The number of hydrogen-bond donors (Lipinski definition) is 2. The lowest BCUT2D eigenvalue weighted by Gasteiger charge is -2.42. The number of aromatic nitrogens is 1. The highest BCUT2D eigenvalue weighted by Crippen LogP contribution is 2.26. The van der Waals surface area contributed by atoms with Crippen LogP contribution in [0, 0.1) is 0 Å². The molecule has 0 atom stereocenters. The van der Waals surface area contributed by atoms with Gasteiger partial charge in [-0.2, -0.15) is 0 Å². The summed E-state index contributed by atoms with van der Waals surface area (Å²) < 4.78 is 0. The number of aromatic carboxylic acids is 1. The van der Waals surface area contributed by atoms with Crippen LogP contribution in [0.4, 0.5) is 11.6 Å². The number of hydrogen-bond acceptors (Lipinski definition) is 5. The molecule has 2 N–H and O–H groups in total. The highest BCUT2D eigenvalue weighted by atomic mass is 16.4. The van der Waals surface area contributed by atoms with Gasteiger partial charge in [-0.1, -0.05) is 0 Å². The molecular weight excluding hydrogens is 304 g/mol. The number of rotatable bonds is 4. The lowest BCUT2D eigenvalue weighted by Crippen LogP contribution is -2.53. The van der Waals surface area contributed by atoms with Crippen LogP contribution in [0.1, 0.15) is 50.4 Å². The van der Waals surface area contributed by atoms with Crippen molar-refractivity contribution in [1.29, 1.82) is 0 Å². The van der Waals surface area contributed by atoms with Crippen molar-refractivity contribution in [2.45, 2.75) is 51.6 Å². The largest absolute Gasteiger partial charge is 0.478 e. The first-order chi connectivity index (χ1) is 11.3. The fourth-order valence-electron chi connectivity index (χ4n) is 3.24. The Morgan fingerprint density at radius 3 is 2.38 bits per heavy atom. The smallest absolute Gasteiger partial charge is 0.335 e. The van der Waals surface area contributed by atoms with E-state index in [9.17, 15) is 9.90 Å². The van der Waals surface area contributed by atoms with Crippen LogP contribution in [0.5, 0.6) is 0 Å². The average molecular weight is 332 g/mol. The van der Waals surface area contributed by atoms with Gasteiger partial charge >= 0.3 is 5.97 Å². The van der Waals surface area contributed by atoms with E-state index in [-0.39, 0.29) is 5.54 Å². The predicted octanol–water partition coefficient (Wildman–Crippen LogP) is 2.66. The van der Waals surface area contributed by atoms with Crippen LogP contribution in [-0.4, -0.2) is 58.7 Å². The number of anilines is 2. The number of carboxylic acid groups (broad SMARTS) is 1. The van der Waals surface area contributed by atoms with Crippen molar-refractivity contribution in [3.8, 4) is 0 Å². The quantitative estimate of drug-likeness (QED) is 0.883. The van der Waals surface area contributed by atoms with E-state index in [1.54, 1.807) is 12.1 Å². The van der Waals surface area contributed by atoms with Crippen molar-refractivity contribution < 1.29 is 9.90 Å². The third-order valence-corrected chi connectivity index (χ3v) is 5.07. The van der Waals surface area contributed by atoms with E-state index in [4.69, 9.17) is 0 Å². The lowest BCUT2D eigenvalue weighted by atomic mass is 9.93. The van der Waals surface area contributed by atoms with Crippen molar-refractivity contribution in [3.05, 3.63) is 17.7 Å². The Balaban J connectivity index is 1.75. The Labute approximate surface area is 143 Å². The zero-order valence-electron chi connectivity index (χ0n) is 14.9. The van der Waals surface area contributed by atoms with Crippen LogP contribution < -0.4 is 10.2 Å². The Hall–Kier alpha value is -1.82. The summed E-state index contributed by atoms with van der Waals surface area (Å²) in [6.07, 6.45) is 3.51. The molecule has 1 saturated carbocycles. The molecule has 6 nitrogen and oxygen atoms in total. The molecule has 2 aliphatic rings. The summed E-state index contributed by atoms with van der Waals surface area (Å²) in [6.45, 7) is 10.4. The Morgan fingerprint density at radius 2 is 1.88 bits per heavy atom. The van der Waals surface area contributed by atoms with Gasteiger partial charge in [0.15, 0.2) is 0 Å². The minimum Gasteiger partial charge on any atom is -0.478 e. The van der Waals surface area contributed by atoms with Crippen molar-refractivity contribution in [1.82, 2.24) is 9.88 Å². The van der Waals surface area contributed by atoms with Crippen LogP contribution in [0.2, 0.25) is 0 Å². The zero-order chi connectivity index (χ0) is 17.3. The molecule has 132 valence electrons. The fraction of sp³-hybridized carbons (Fsp3) is 0.667. The van der Waals surface area contributed by atoms with Gasteiger partial charge in [0.2, 0.25) is 0 Å². The summed E-state index contributed by atoms with van der Waals surface area (Å²) in [5, 5.41) is 12.8. The number of nitrogens with one attached hydrogen (secondary N) is 1. The van der Waals surface area contributed by atoms with Crippen molar-refractivity contribution in [3.63, 3.8) is 0 Å². The van der Waals surface area contributed by atoms with Crippen LogP contribution in [-0.2, 0) is 0 Å². The lowest BCUT2D eigenvalue weighted by molar-refractivity contribution is 0.0697. The van der Waals surface area contributed by atoms with E-state index in [0.29, 0.717) is 17.4 Å². The van der Waals surface area contributed by atoms with Gasteiger partial charge in [0.1, 0.15) is 11.6 Å². The zero-order valence-corrected chi connectivity index (χ0v) is 14.9. The molecule has 0 unspecified atom stereocenters. The molecule has 6 heteroatoms. The Kier molecular flexibility index (Phi) is 4.67. The van der Waals surface area contributed by atoms with E-state index in [2.05, 4.69) is 40.9 Å². The Morgan fingerprint density at radius 1 is 1.21 bits per heavy atom. The van der Waals surface area contributed by atoms with Gasteiger partial charge in [-0.05, 0) is 52.2 Å². The number of nitrogens with zero attached hydrogens (tertiary/aromatic N) is 3. The minimum absolute atomic E-state index is 0.166. The molecular formula is C18H28N4O2. The van der Waals surface area contributed by atoms with E-state index in [1.807, 2.05) is 0 Å². The second kappa shape index (κ2) is 6.59. The molecule has 2 fully saturated rings. The third-order valence-electron chi connectivity index (χ3n) is 5.07. The highest BCUT2D eigenvalue weighted by molar-refractivity contribution is 5.89. The molecule has 0 aromatic carbocycles. The maximum atomic E-state index is 11.5. The van der Waals surface area contributed by atoms with Crippen LogP contribution in [0.25, 0.3) is 0 Å². The van der Waals surface area contributed by atoms with E-state index >= 15 is 0 Å². The van der Waals surface area contributed by atoms with E-state index < -0.39 is 5.97 Å². The van der Waals surface area contributed by atoms with Crippen molar-refractivity contribution >= 4 is 17.6 Å². The second-order valence-electron chi connectivity index (χ2n) is 7.82. The monoisotopic (exact) mass is 332 g/mol. The van der Waals surface area contributed by atoms with Crippen LogP contribution >= 0.6 is 0 Å². The molecule has 24 heavy (non-hydrogen) atoms. The first-order valence-corrected chi connectivity index (χ1v) is 8.85. The molecule has 3 rings (SSSR count). The highest BCUT2D eigenvalue weighted by Gasteiger charge is 2.27. The second-order valence-corrected chi connectivity index (χ2v) is 7.82. The van der Waals surface area contributed by atoms with Crippen molar-refractivity contribution in [2.24, 2.45) is 0 Å². The first kappa shape index (κ1) is 17.0. The fourth-order valence-corrected chi connectivity index (χ4v) is 3.24. The van der Waals surface area contributed by atoms with Gasteiger partial charge in [-0.25, -0.2) is 9.78 Å². The molecule has 1 aromatic rings. The van der Waals surface area contributed by atoms with Gasteiger partial charge < -0.3 is 15.3 Å². The number of carboxylic acids is 1. The normalized spacial score (nSPS) is 19.9. The maximum Gasteiger partial charge on any atom is 0.335 e. The van der Waals surface area contributed by atoms with Gasteiger partial charge in [0, 0.05) is 37.8 Å². The molecule has 1 saturated heterocycles. The van der Waals surface area contributed by atoms with Gasteiger partial charge in [-0.3, -0.25) is 4.90 Å². The average Bonchev–Trinajstić information content (AvgIpc) is 2.50. The molecule has 0 spiro atoms. The van der Waals surface area contributed by atoms with Gasteiger partial charge in [-0.15, -0.1) is 0 Å². The predicted molar refractivity (Wildman–Crippen MR) is 96.0 cm³/mol. The van der Waals surface area contributed by atoms with Gasteiger partial charge in [0.25, 0.3) is 0 Å². The third kappa shape index (κ3) is 3.80. The summed E-state index contributed by atoms with van der Waals surface area (Å²) in [5.74, 6) is 0.557. The molecule has 2 heterocycles. The molecule has 1 aliphatic carbocycles. The standard InChI is InChI=1S/C18H28N4O2/c1-18(2,3)22-9-7-21(8-10-22)16-12-13(17(23)24)11-15(20-16)19-14-5-4-6-14/h11-12,14H,4-10H2,1-3H3,(H,19,20)(H,23,24). The summed E-state index contributed by atoms with van der Waals surface area (Å²) in [6, 6.07) is 3.78. The number of carbonyl (C=O) groups is 1. The molecule has 0 bridgehead atoms. The van der Waals surface area contributed by atoms with Crippen LogP contribution in [0.15, 0.2) is 12.1 Å². The van der Waals surface area contributed by atoms with E-state index in [0.717, 1.165) is 44.8 Å². The van der Waals surface area contributed by atoms with Crippen molar-refractivity contribution in [2.75, 3.05) is 36.4 Å².